The minimum atomic E-state index is -0.107. The van der Waals surface area contributed by atoms with Gasteiger partial charge in [0.05, 0.1) is 18.2 Å². The standard InChI is InChI=1S/C18H22N6O3/c1-4-12-10(2)19-16-8-14(20-24(16)18(12)26)15-6-5-7-23(15)17(25)9-13-11(3)21-27-22-13/h8,15,20H,4-7,9H2,1-3H3/t15-/m1/s1. The summed E-state index contributed by atoms with van der Waals surface area (Å²) in [6, 6.07) is 1.76. The van der Waals surface area contributed by atoms with E-state index in [1.807, 2.05) is 24.8 Å². The van der Waals surface area contributed by atoms with Crippen LogP contribution in [0.3, 0.4) is 0 Å². The van der Waals surface area contributed by atoms with Gasteiger partial charge in [0.25, 0.3) is 5.56 Å². The molecule has 3 aromatic heterocycles. The Morgan fingerprint density at radius 2 is 2.15 bits per heavy atom. The molecule has 1 aliphatic rings. The predicted octanol–water partition coefficient (Wildman–Crippen LogP) is 1.49. The lowest BCUT2D eigenvalue weighted by Crippen LogP contribution is -2.32. The van der Waals surface area contributed by atoms with Crippen molar-refractivity contribution in [1.82, 2.24) is 29.8 Å². The number of aromatic nitrogens is 5. The second-order valence-corrected chi connectivity index (χ2v) is 6.96. The van der Waals surface area contributed by atoms with E-state index < -0.39 is 0 Å². The molecule has 0 unspecified atom stereocenters. The van der Waals surface area contributed by atoms with Gasteiger partial charge >= 0.3 is 0 Å². The predicted molar refractivity (Wildman–Crippen MR) is 96.4 cm³/mol. The molecule has 1 amide bonds. The van der Waals surface area contributed by atoms with Crippen molar-refractivity contribution in [3.8, 4) is 0 Å². The second-order valence-electron chi connectivity index (χ2n) is 6.96. The van der Waals surface area contributed by atoms with E-state index in [4.69, 9.17) is 0 Å². The number of likely N-dealkylation sites (tertiary alicyclic amines) is 1. The van der Waals surface area contributed by atoms with Crippen LogP contribution in [0.4, 0.5) is 0 Å². The summed E-state index contributed by atoms with van der Waals surface area (Å²) in [5, 5.41) is 10.7. The molecule has 3 aromatic rings. The Balaban J connectivity index is 1.65. The Morgan fingerprint density at radius 1 is 1.33 bits per heavy atom. The van der Waals surface area contributed by atoms with Crippen LogP contribution in [-0.2, 0) is 17.6 Å². The molecule has 9 heteroatoms. The first-order valence-electron chi connectivity index (χ1n) is 9.18. The van der Waals surface area contributed by atoms with Crippen LogP contribution in [0.15, 0.2) is 15.5 Å². The molecule has 0 aliphatic carbocycles. The van der Waals surface area contributed by atoms with Crippen molar-refractivity contribution < 1.29 is 9.42 Å². The first kappa shape index (κ1) is 17.4. The quantitative estimate of drug-likeness (QED) is 0.745. The summed E-state index contributed by atoms with van der Waals surface area (Å²) >= 11 is 0. The third kappa shape index (κ3) is 2.92. The molecule has 9 nitrogen and oxygen atoms in total. The van der Waals surface area contributed by atoms with Crippen molar-refractivity contribution in [2.45, 2.75) is 52.5 Å². The van der Waals surface area contributed by atoms with E-state index in [0.717, 1.165) is 24.2 Å². The van der Waals surface area contributed by atoms with E-state index in [2.05, 4.69) is 25.0 Å². The van der Waals surface area contributed by atoms with Gasteiger partial charge < -0.3 is 4.90 Å². The summed E-state index contributed by atoms with van der Waals surface area (Å²) < 4.78 is 6.16. The van der Waals surface area contributed by atoms with Gasteiger partial charge in [-0.3, -0.25) is 14.7 Å². The van der Waals surface area contributed by atoms with Crippen LogP contribution >= 0.6 is 0 Å². The van der Waals surface area contributed by atoms with E-state index >= 15 is 0 Å². The molecule has 1 N–H and O–H groups in total. The molecule has 0 radical (unpaired) electrons. The number of aromatic amines is 1. The third-order valence-electron chi connectivity index (χ3n) is 5.29. The molecule has 0 saturated carbocycles. The van der Waals surface area contributed by atoms with Gasteiger partial charge in [0.2, 0.25) is 5.91 Å². The molecular formula is C18H22N6O3. The fourth-order valence-electron chi connectivity index (χ4n) is 3.81. The van der Waals surface area contributed by atoms with Crippen molar-refractivity contribution >= 4 is 11.6 Å². The lowest BCUT2D eigenvalue weighted by atomic mass is 10.1. The first-order valence-corrected chi connectivity index (χ1v) is 9.18. The number of H-pyrrole nitrogens is 1. The number of aryl methyl sites for hydroxylation is 2. The Kier molecular flexibility index (Phi) is 4.29. The zero-order chi connectivity index (χ0) is 19.1. The first-order chi connectivity index (χ1) is 13.0. The van der Waals surface area contributed by atoms with Crippen LogP contribution in [0.5, 0.6) is 0 Å². The van der Waals surface area contributed by atoms with E-state index in [1.165, 1.54) is 4.52 Å². The highest BCUT2D eigenvalue weighted by Gasteiger charge is 2.32. The topological polar surface area (TPSA) is 109 Å². The van der Waals surface area contributed by atoms with Crippen LogP contribution in [0.1, 0.15) is 54.1 Å². The Bertz CT molecular complexity index is 1060. The number of carbonyl (C=O) groups excluding carboxylic acids is 1. The van der Waals surface area contributed by atoms with Crippen LogP contribution in [0.25, 0.3) is 5.65 Å². The van der Waals surface area contributed by atoms with Crippen LogP contribution in [-0.4, -0.2) is 42.3 Å². The third-order valence-corrected chi connectivity index (χ3v) is 5.29. The van der Waals surface area contributed by atoms with Crippen molar-refractivity contribution in [3.05, 3.63) is 44.8 Å². The minimum Gasteiger partial charge on any atom is -0.334 e. The molecule has 0 aromatic carbocycles. The highest BCUT2D eigenvalue weighted by Crippen LogP contribution is 2.32. The number of amides is 1. The maximum Gasteiger partial charge on any atom is 0.276 e. The lowest BCUT2D eigenvalue weighted by Gasteiger charge is -2.23. The SMILES string of the molecule is CCc1c(C)nc2cc([C@H]3CCCN3C(=O)Cc3nonc3C)[nH]n2c1=O. The largest absolute Gasteiger partial charge is 0.334 e. The number of nitrogens with one attached hydrogen (secondary N) is 1. The Labute approximate surface area is 155 Å². The smallest absolute Gasteiger partial charge is 0.276 e. The second kappa shape index (κ2) is 6.64. The van der Waals surface area contributed by atoms with Crippen molar-refractivity contribution in [1.29, 1.82) is 0 Å². The van der Waals surface area contributed by atoms with Crippen LogP contribution in [0.2, 0.25) is 0 Å². The van der Waals surface area contributed by atoms with E-state index in [0.29, 0.717) is 35.6 Å². The zero-order valence-electron chi connectivity index (χ0n) is 15.7. The number of hydrogen-bond donors (Lipinski definition) is 1. The molecule has 0 bridgehead atoms. The summed E-state index contributed by atoms with van der Waals surface area (Å²) in [6.45, 7) is 6.24. The molecular weight excluding hydrogens is 348 g/mol. The monoisotopic (exact) mass is 370 g/mol. The molecule has 1 fully saturated rings. The fraction of sp³-hybridized carbons (Fsp3) is 0.500. The number of nitrogens with zero attached hydrogens (tertiary/aromatic N) is 5. The average Bonchev–Trinajstić information content (AvgIpc) is 3.35. The van der Waals surface area contributed by atoms with Gasteiger partial charge in [0.1, 0.15) is 11.4 Å². The molecule has 142 valence electrons. The van der Waals surface area contributed by atoms with Gasteiger partial charge in [-0.1, -0.05) is 17.2 Å². The number of fused-ring (bicyclic) bond motifs is 1. The van der Waals surface area contributed by atoms with Crippen LogP contribution in [0, 0.1) is 13.8 Å². The maximum absolute atomic E-state index is 12.8. The van der Waals surface area contributed by atoms with Crippen molar-refractivity contribution in [2.24, 2.45) is 0 Å². The van der Waals surface area contributed by atoms with E-state index in [-0.39, 0.29) is 23.9 Å². The van der Waals surface area contributed by atoms with Crippen LogP contribution < -0.4 is 5.56 Å². The van der Waals surface area contributed by atoms with Crippen molar-refractivity contribution in [3.63, 3.8) is 0 Å². The number of hydrogen-bond acceptors (Lipinski definition) is 6. The summed E-state index contributed by atoms with van der Waals surface area (Å²) in [5.74, 6) is -0.0271. The van der Waals surface area contributed by atoms with Gasteiger partial charge in [-0.2, -0.15) is 0 Å². The summed E-state index contributed by atoms with van der Waals surface area (Å²) in [4.78, 5) is 31.8. The minimum absolute atomic E-state index is 0.0271. The highest BCUT2D eigenvalue weighted by molar-refractivity contribution is 5.79. The molecule has 27 heavy (non-hydrogen) atoms. The molecule has 1 aliphatic heterocycles. The summed E-state index contributed by atoms with van der Waals surface area (Å²) in [6.07, 6.45) is 2.53. The Morgan fingerprint density at radius 3 is 2.85 bits per heavy atom. The molecule has 4 heterocycles. The molecule has 4 rings (SSSR count). The van der Waals surface area contributed by atoms with E-state index in [1.54, 1.807) is 6.92 Å². The normalized spacial score (nSPS) is 17.1. The number of carbonyl (C=O) groups is 1. The van der Waals surface area contributed by atoms with Gasteiger partial charge in [0, 0.05) is 23.9 Å². The van der Waals surface area contributed by atoms with E-state index in [9.17, 15) is 9.59 Å². The van der Waals surface area contributed by atoms with Crippen molar-refractivity contribution in [2.75, 3.05) is 6.54 Å². The Hall–Kier alpha value is -2.97. The van der Waals surface area contributed by atoms with Gasteiger partial charge in [-0.05, 0) is 33.1 Å². The van der Waals surface area contributed by atoms with Gasteiger partial charge in [-0.25, -0.2) is 14.1 Å². The number of rotatable bonds is 4. The molecule has 1 atom stereocenters. The maximum atomic E-state index is 12.8. The highest BCUT2D eigenvalue weighted by atomic mass is 16.6. The summed E-state index contributed by atoms with van der Waals surface area (Å²) in [5.41, 5.74) is 3.97. The zero-order valence-corrected chi connectivity index (χ0v) is 15.7. The molecule has 0 spiro atoms. The van der Waals surface area contributed by atoms with Gasteiger partial charge in [0.15, 0.2) is 5.65 Å². The lowest BCUT2D eigenvalue weighted by molar-refractivity contribution is -0.131. The summed E-state index contributed by atoms with van der Waals surface area (Å²) in [7, 11) is 0. The average molecular weight is 370 g/mol. The fourth-order valence-corrected chi connectivity index (χ4v) is 3.81. The van der Waals surface area contributed by atoms with Gasteiger partial charge in [-0.15, -0.1) is 0 Å². The molecule has 1 saturated heterocycles.